The molecule has 0 aliphatic heterocycles. The molecule has 0 spiro atoms. The molecule has 0 N–H and O–H groups in total. The van der Waals surface area contributed by atoms with Crippen LogP contribution < -0.4 is 0 Å². The lowest BCUT2D eigenvalue weighted by atomic mass is 9.59. The number of Topliss-reactive ketones (excluding diaryl/α,β-unsaturated/α-hetero) is 2. The molecule has 3 fully saturated rings. The molecule has 22 heavy (non-hydrogen) atoms. The Kier molecular flexibility index (Phi) is 2.94. The lowest BCUT2D eigenvalue weighted by molar-refractivity contribution is -0.128. The molecule has 0 heterocycles. The fourth-order valence-corrected chi connectivity index (χ4v) is 6.89. The highest BCUT2D eigenvalue weighted by Crippen LogP contribution is 2.59. The number of fused-ring (bicyclic) bond motifs is 6. The van der Waals surface area contributed by atoms with Gasteiger partial charge in [0, 0.05) is 11.8 Å². The van der Waals surface area contributed by atoms with Gasteiger partial charge in [0.25, 0.3) is 0 Å². The van der Waals surface area contributed by atoms with Crippen molar-refractivity contribution >= 4 is 11.6 Å². The second-order valence-electron chi connectivity index (χ2n) is 8.47. The average Bonchev–Trinajstić information content (AvgIpc) is 3.03. The Hall–Kier alpha value is -0.920. The van der Waals surface area contributed by atoms with E-state index in [9.17, 15) is 9.59 Å². The van der Waals surface area contributed by atoms with Crippen molar-refractivity contribution < 1.29 is 9.59 Å². The lowest BCUT2D eigenvalue weighted by Crippen LogP contribution is -2.41. The Labute approximate surface area is 132 Å². The molecule has 0 aromatic heterocycles. The molecule has 0 saturated heterocycles. The quantitative estimate of drug-likeness (QED) is 0.631. The number of hydrogen-bond acceptors (Lipinski definition) is 2. The zero-order valence-electron chi connectivity index (χ0n) is 13.4. The van der Waals surface area contributed by atoms with Crippen LogP contribution in [0.15, 0.2) is 11.1 Å². The minimum atomic E-state index is 0.188. The third kappa shape index (κ3) is 1.62. The van der Waals surface area contributed by atoms with Crippen LogP contribution in [0.1, 0.15) is 64.2 Å². The summed E-state index contributed by atoms with van der Waals surface area (Å²) < 4.78 is 0. The van der Waals surface area contributed by atoms with E-state index in [0.29, 0.717) is 17.8 Å². The van der Waals surface area contributed by atoms with Crippen LogP contribution in [0.2, 0.25) is 0 Å². The van der Waals surface area contributed by atoms with Crippen LogP contribution in [0.4, 0.5) is 0 Å². The molecule has 6 atom stereocenters. The summed E-state index contributed by atoms with van der Waals surface area (Å²) in [6, 6.07) is 0. The molecule has 0 aromatic carbocycles. The van der Waals surface area contributed by atoms with Crippen molar-refractivity contribution in [1.82, 2.24) is 0 Å². The van der Waals surface area contributed by atoms with Crippen molar-refractivity contribution in [3.63, 3.8) is 0 Å². The van der Waals surface area contributed by atoms with Crippen LogP contribution in [-0.4, -0.2) is 11.6 Å². The van der Waals surface area contributed by atoms with Gasteiger partial charge in [-0.1, -0.05) is 32.1 Å². The van der Waals surface area contributed by atoms with Crippen LogP contribution >= 0.6 is 0 Å². The molecule has 0 bridgehead atoms. The molecule has 118 valence electrons. The number of ketones is 2. The molecule has 0 amide bonds. The molecule has 5 rings (SSSR count). The number of carbonyl (C=O) groups excluding carboxylic acids is 2. The smallest absolute Gasteiger partial charge is 0.170 e. The van der Waals surface area contributed by atoms with Crippen molar-refractivity contribution in [3.05, 3.63) is 11.1 Å². The maximum atomic E-state index is 13.2. The molecule has 2 heteroatoms. The van der Waals surface area contributed by atoms with Crippen LogP contribution in [0.25, 0.3) is 0 Å². The first-order valence-electron chi connectivity index (χ1n) is 9.60. The van der Waals surface area contributed by atoms with Gasteiger partial charge in [-0.3, -0.25) is 9.59 Å². The second kappa shape index (κ2) is 4.79. The van der Waals surface area contributed by atoms with Gasteiger partial charge in [-0.25, -0.2) is 0 Å². The monoisotopic (exact) mass is 298 g/mol. The Balaban J connectivity index is 1.53. The SMILES string of the molecule is O=C1C2=C(C3CCCCC13)C1CCC3CCCCC3C1C2=O. The molecular weight excluding hydrogens is 272 g/mol. The molecule has 0 radical (unpaired) electrons. The summed E-state index contributed by atoms with van der Waals surface area (Å²) in [5.74, 6) is 3.22. The molecule has 3 saturated carbocycles. The van der Waals surface area contributed by atoms with E-state index in [4.69, 9.17) is 0 Å². The van der Waals surface area contributed by atoms with E-state index in [2.05, 4.69) is 0 Å². The van der Waals surface area contributed by atoms with Gasteiger partial charge in [-0.15, -0.1) is 0 Å². The van der Waals surface area contributed by atoms with Crippen LogP contribution in [-0.2, 0) is 9.59 Å². The minimum Gasteiger partial charge on any atom is -0.294 e. The summed E-state index contributed by atoms with van der Waals surface area (Å²) in [7, 11) is 0. The lowest BCUT2D eigenvalue weighted by Gasteiger charge is -2.44. The summed E-state index contributed by atoms with van der Waals surface area (Å²) >= 11 is 0. The van der Waals surface area contributed by atoms with Gasteiger partial charge in [0.05, 0.1) is 5.57 Å². The number of hydrogen-bond donors (Lipinski definition) is 0. The first-order valence-corrected chi connectivity index (χ1v) is 9.60. The van der Waals surface area contributed by atoms with Gasteiger partial charge in [-0.05, 0) is 61.3 Å². The second-order valence-corrected chi connectivity index (χ2v) is 8.47. The molecule has 5 aliphatic carbocycles. The third-order valence-electron chi connectivity index (χ3n) is 7.70. The average molecular weight is 298 g/mol. The first kappa shape index (κ1) is 13.5. The van der Waals surface area contributed by atoms with Gasteiger partial charge in [-0.2, -0.15) is 0 Å². The van der Waals surface area contributed by atoms with E-state index in [-0.39, 0.29) is 23.4 Å². The zero-order chi connectivity index (χ0) is 14.8. The highest BCUT2D eigenvalue weighted by Gasteiger charge is 2.58. The Bertz CT molecular complexity index is 572. The normalized spacial score (nSPS) is 47.1. The van der Waals surface area contributed by atoms with Crippen molar-refractivity contribution in [1.29, 1.82) is 0 Å². The number of carbonyl (C=O) groups is 2. The van der Waals surface area contributed by atoms with E-state index in [1.807, 2.05) is 0 Å². The van der Waals surface area contributed by atoms with Crippen LogP contribution in [0, 0.1) is 35.5 Å². The van der Waals surface area contributed by atoms with Crippen LogP contribution in [0.5, 0.6) is 0 Å². The third-order valence-corrected chi connectivity index (χ3v) is 7.70. The number of rotatable bonds is 0. The van der Waals surface area contributed by atoms with Crippen molar-refractivity contribution in [2.75, 3.05) is 0 Å². The predicted octanol–water partition coefficient (Wildman–Crippen LogP) is 4.09. The van der Waals surface area contributed by atoms with Gasteiger partial charge in [0.1, 0.15) is 0 Å². The van der Waals surface area contributed by atoms with Crippen molar-refractivity contribution in [3.8, 4) is 0 Å². The Morgan fingerprint density at radius 3 is 2.23 bits per heavy atom. The van der Waals surface area contributed by atoms with Gasteiger partial charge >= 0.3 is 0 Å². The highest BCUT2D eigenvalue weighted by atomic mass is 16.2. The summed E-state index contributed by atoms with van der Waals surface area (Å²) in [6.07, 6.45) is 12.3. The van der Waals surface area contributed by atoms with Gasteiger partial charge in [0.15, 0.2) is 11.6 Å². The summed E-state index contributed by atoms with van der Waals surface area (Å²) in [4.78, 5) is 26.0. The van der Waals surface area contributed by atoms with E-state index < -0.39 is 0 Å². The standard InChI is InChI=1S/C20H26O2/c21-19-14-8-4-3-7-13(14)16-15-10-9-11-5-1-2-6-12(11)17(15)20(22)18(16)19/h11-15,17H,1-10H2. The Morgan fingerprint density at radius 1 is 0.636 bits per heavy atom. The van der Waals surface area contributed by atoms with E-state index >= 15 is 0 Å². The molecular formula is C20H26O2. The van der Waals surface area contributed by atoms with Crippen LogP contribution in [0.3, 0.4) is 0 Å². The van der Waals surface area contributed by atoms with E-state index in [0.717, 1.165) is 17.9 Å². The molecule has 0 aromatic rings. The predicted molar refractivity (Wildman–Crippen MR) is 84.2 cm³/mol. The summed E-state index contributed by atoms with van der Waals surface area (Å²) in [5.41, 5.74) is 2.10. The van der Waals surface area contributed by atoms with Crippen molar-refractivity contribution in [2.45, 2.75) is 64.2 Å². The summed E-state index contributed by atoms with van der Waals surface area (Å²) in [5, 5.41) is 0. The maximum absolute atomic E-state index is 13.2. The highest BCUT2D eigenvalue weighted by molar-refractivity contribution is 6.26. The van der Waals surface area contributed by atoms with Gasteiger partial charge in [0.2, 0.25) is 0 Å². The zero-order valence-corrected chi connectivity index (χ0v) is 13.4. The molecule has 6 unspecified atom stereocenters. The molecule has 2 nitrogen and oxygen atoms in total. The fourth-order valence-electron chi connectivity index (χ4n) is 6.89. The Morgan fingerprint density at radius 2 is 1.36 bits per heavy atom. The minimum absolute atomic E-state index is 0.188. The van der Waals surface area contributed by atoms with Crippen molar-refractivity contribution in [2.24, 2.45) is 35.5 Å². The fraction of sp³-hybridized carbons (Fsp3) is 0.800. The molecule has 5 aliphatic rings. The maximum Gasteiger partial charge on any atom is 0.170 e. The van der Waals surface area contributed by atoms with E-state index in [1.54, 1.807) is 0 Å². The number of allylic oxidation sites excluding steroid dienone is 2. The topological polar surface area (TPSA) is 34.1 Å². The van der Waals surface area contributed by atoms with E-state index in [1.165, 1.54) is 63.4 Å². The van der Waals surface area contributed by atoms with Gasteiger partial charge < -0.3 is 0 Å². The summed E-state index contributed by atoms with van der Waals surface area (Å²) in [6.45, 7) is 0. The largest absolute Gasteiger partial charge is 0.294 e. The first-order chi connectivity index (χ1) is 10.8.